The van der Waals surface area contributed by atoms with Crippen molar-refractivity contribution in [2.45, 2.75) is 19.4 Å². The fraction of sp³-hybridized carbons (Fsp3) is 0.500. The van der Waals surface area contributed by atoms with Gasteiger partial charge in [0.1, 0.15) is 6.04 Å². The molecule has 1 saturated heterocycles. The standard InChI is InChI=1S/C20H26N4O5S/c1-3-29-20(28)23-11-9-22(10-12-23)18(26)16(8-13-30-2)24-17(25)14-6-4-5-7-15(14)21-19(24)27/h4-7,16H,3,8-13H2,1-2H3,(H,21,27). The minimum absolute atomic E-state index is 0.282. The summed E-state index contributed by atoms with van der Waals surface area (Å²) in [5.74, 6) is 0.341. The molecular weight excluding hydrogens is 408 g/mol. The average molecular weight is 435 g/mol. The van der Waals surface area contributed by atoms with Crippen molar-refractivity contribution in [1.29, 1.82) is 0 Å². The van der Waals surface area contributed by atoms with Crippen molar-refractivity contribution in [3.05, 3.63) is 45.1 Å². The van der Waals surface area contributed by atoms with Gasteiger partial charge in [0.25, 0.3) is 5.56 Å². The van der Waals surface area contributed by atoms with Gasteiger partial charge in [0.2, 0.25) is 5.91 Å². The van der Waals surface area contributed by atoms with Gasteiger partial charge in [-0.1, -0.05) is 12.1 Å². The van der Waals surface area contributed by atoms with Gasteiger partial charge in [-0.25, -0.2) is 14.2 Å². The third-order valence-electron chi connectivity index (χ3n) is 5.15. The van der Waals surface area contributed by atoms with E-state index < -0.39 is 23.4 Å². The van der Waals surface area contributed by atoms with Crippen LogP contribution in [0.3, 0.4) is 0 Å². The number of amides is 2. The molecule has 1 aliphatic rings. The van der Waals surface area contributed by atoms with Crippen LogP contribution in [0.2, 0.25) is 0 Å². The Morgan fingerprint density at radius 2 is 1.80 bits per heavy atom. The zero-order chi connectivity index (χ0) is 21.7. The van der Waals surface area contributed by atoms with Gasteiger partial charge in [-0.05, 0) is 37.5 Å². The molecule has 1 atom stereocenters. The van der Waals surface area contributed by atoms with Gasteiger partial charge in [-0.15, -0.1) is 0 Å². The summed E-state index contributed by atoms with van der Waals surface area (Å²) in [4.78, 5) is 56.9. The zero-order valence-electron chi connectivity index (χ0n) is 17.1. The highest BCUT2D eigenvalue weighted by Gasteiger charge is 2.32. The van der Waals surface area contributed by atoms with Crippen molar-refractivity contribution in [1.82, 2.24) is 19.4 Å². The third kappa shape index (κ3) is 4.53. The van der Waals surface area contributed by atoms with E-state index in [9.17, 15) is 19.2 Å². The number of nitrogens with one attached hydrogen (secondary N) is 1. The van der Waals surface area contributed by atoms with Crippen LogP contribution in [-0.4, -0.2) is 76.1 Å². The smallest absolute Gasteiger partial charge is 0.409 e. The molecular formula is C20H26N4O5S. The third-order valence-corrected chi connectivity index (χ3v) is 5.79. The van der Waals surface area contributed by atoms with Crippen LogP contribution >= 0.6 is 11.8 Å². The fourth-order valence-corrected chi connectivity index (χ4v) is 4.05. The number of hydrogen-bond donors (Lipinski definition) is 1. The van der Waals surface area contributed by atoms with Gasteiger partial charge in [-0.3, -0.25) is 9.59 Å². The highest BCUT2D eigenvalue weighted by atomic mass is 32.2. The molecule has 9 nitrogen and oxygen atoms in total. The van der Waals surface area contributed by atoms with E-state index in [0.29, 0.717) is 55.9 Å². The van der Waals surface area contributed by atoms with Crippen LogP contribution in [0.4, 0.5) is 4.79 Å². The molecule has 10 heteroatoms. The SMILES string of the molecule is CCOC(=O)N1CCN(C(=O)C(CCSC)n2c(=O)[nH]c3ccccc3c2=O)CC1. The highest BCUT2D eigenvalue weighted by Crippen LogP contribution is 2.17. The average Bonchev–Trinajstić information content (AvgIpc) is 2.75. The van der Waals surface area contributed by atoms with Crippen molar-refractivity contribution >= 4 is 34.7 Å². The monoisotopic (exact) mass is 434 g/mol. The molecule has 2 amide bonds. The number of carbonyl (C=O) groups is 2. The predicted molar refractivity (Wildman–Crippen MR) is 116 cm³/mol. The number of carbonyl (C=O) groups excluding carboxylic acids is 2. The Morgan fingerprint density at radius 3 is 2.47 bits per heavy atom. The quantitative estimate of drug-likeness (QED) is 0.735. The molecule has 0 radical (unpaired) electrons. The molecule has 1 fully saturated rings. The summed E-state index contributed by atoms with van der Waals surface area (Å²) in [6, 6.07) is 5.86. The number of hydrogen-bond acceptors (Lipinski definition) is 6. The highest BCUT2D eigenvalue weighted by molar-refractivity contribution is 7.98. The summed E-state index contributed by atoms with van der Waals surface area (Å²) in [5, 5.41) is 0.367. The lowest BCUT2D eigenvalue weighted by Gasteiger charge is -2.36. The number of benzene rings is 1. The maximum absolute atomic E-state index is 13.3. The molecule has 1 N–H and O–H groups in total. The summed E-state index contributed by atoms with van der Waals surface area (Å²) in [5.41, 5.74) is -0.620. The summed E-state index contributed by atoms with van der Waals surface area (Å²) in [6.07, 6.45) is 1.87. The maximum atomic E-state index is 13.3. The minimum Gasteiger partial charge on any atom is -0.450 e. The van der Waals surface area contributed by atoms with Crippen molar-refractivity contribution < 1.29 is 14.3 Å². The van der Waals surface area contributed by atoms with Crippen molar-refractivity contribution in [3.8, 4) is 0 Å². The Hall–Kier alpha value is -2.75. The Kier molecular flexibility index (Phi) is 7.20. The number of aromatic nitrogens is 2. The number of para-hydroxylation sites is 1. The molecule has 30 heavy (non-hydrogen) atoms. The van der Waals surface area contributed by atoms with Gasteiger partial charge in [-0.2, -0.15) is 11.8 Å². The van der Waals surface area contributed by atoms with Crippen molar-refractivity contribution in [2.24, 2.45) is 0 Å². The molecule has 2 aromatic rings. The Labute approximate surface area is 178 Å². The van der Waals surface area contributed by atoms with E-state index in [-0.39, 0.29) is 5.91 Å². The topological polar surface area (TPSA) is 105 Å². The van der Waals surface area contributed by atoms with Crippen LogP contribution in [0, 0.1) is 0 Å². The number of ether oxygens (including phenoxy) is 1. The van der Waals surface area contributed by atoms with Gasteiger partial charge >= 0.3 is 11.8 Å². The van der Waals surface area contributed by atoms with Crippen molar-refractivity contribution in [2.75, 3.05) is 44.8 Å². The van der Waals surface area contributed by atoms with Crippen LogP contribution in [0.15, 0.2) is 33.9 Å². The van der Waals surface area contributed by atoms with E-state index in [0.717, 1.165) is 4.57 Å². The zero-order valence-corrected chi connectivity index (χ0v) is 17.9. The molecule has 2 heterocycles. The molecule has 162 valence electrons. The van der Waals surface area contributed by atoms with Crippen LogP contribution in [0.1, 0.15) is 19.4 Å². The van der Waals surface area contributed by atoms with E-state index in [1.807, 2.05) is 6.26 Å². The largest absolute Gasteiger partial charge is 0.450 e. The summed E-state index contributed by atoms with van der Waals surface area (Å²) in [7, 11) is 0. The minimum atomic E-state index is -0.896. The Morgan fingerprint density at radius 1 is 1.13 bits per heavy atom. The number of rotatable bonds is 6. The van der Waals surface area contributed by atoms with E-state index in [2.05, 4.69) is 4.98 Å². The molecule has 0 aliphatic carbocycles. The maximum Gasteiger partial charge on any atom is 0.409 e. The van der Waals surface area contributed by atoms with E-state index in [1.54, 1.807) is 52.8 Å². The second-order valence-electron chi connectivity index (χ2n) is 6.96. The van der Waals surface area contributed by atoms with Crippen LogP contribution in [-0.2, 0) is 9.53 Å². The van der Waals surface area contributed by atoms with E-state index in [1.165, 1.54) is 0 Å². The lowest BCUT2D eigenvalue weighted by molar-refractivity contribution is -0.136. The first-order valence-corrected chi connectivity index (χ1v) is 11.3. The van der Waals surface area contributed by atoms with Gasteiger partial charge in [0.15, 0.2) is 0 Å². The molecule has 0 saturated carbocycles. The number of fused-ring (bicyclic) bond motifs is 1. The number of thioether (sulfide) groups is 1. The normalized spacial score (nSPS) is 15.3. The first kappa shape index (κ1) is 21.9. The summed E-state index contributed by atoms with van der Waals surface area (Å²) >= 11 is 1.55. The van der Waals surface area contributed by atoms with Crippen LogP contribution < -0.4 is 11.2 Å². The molecule has 1 aliphatic heterocycles. The predicted octanol–water partition coefficient (Wildman–Crippen LogP) is 1.28. The van der Waals surface area contributed by atoms with Crippen LogP contribution in [0.25, 0.3) is 10.9 Å². The molecule has 1 aromatic carbocycles. The summed E-state index contributed by atoms with van der Waals surface area (Å²) in [6.45, 7) is 3.39. The second-order valence-corrected chi connectivity index (χ2v) is 7.95. The Balaban J connectivity index is 1.88. The molecule has 0 bridgehead atoms. The second kappa shape index (κ2) is 9.84. The lowest BCUT2D eigenvalue weighted by atomic mass is 10.1. The molecule has 0 spiro atoms. The number of piperazine rings is 1. The van der Waals surface area contributed by atoms with Gasteiger partial charge in [0, 0.05) is 26.2 Å². The Bertz CT molecular complexity index is 1030. The lowest BCUT2D eigenvalue weighted by Crippen LogP contribution is -2.54. The number of nitrogens with zero attached hydrogens (tertiary/aromatic N) is 3. The summed E-state index contributed by atoms with van der Waals surface area (Å²) < 4.78 is 6.05. The number of H-pyrrole nitrogens is 1. The molecule has 1 aromatic heterocycles. The fourth-order valence-electron chi connectivity index (χ4n) is 3.59. The number of aromatic amines is 1. The van der Waals surface area contributed by atoms with Crippen LogP contribution in [0.5, 0.6) is 0 Å². The first-order chi connectivity index (χ1) is 14.5. The van der Waals surface area contributed by atoms with E-state index >= 15 is 0 Å². The molecule has 1 unspecified atom stereocenters. The van der Waals surface area contributed by atoms with E-state index in [4.69, 9.17) is 4.74 Å². The van der Waals surface area contributed by atoms with Gasteiger partial charge in [0.05, 0.1) is 17.5 Å². The first-order valence-electron chi connectivity index (χ1n) is 9.91. The molecule has 3 rings (SSSR count). The van der Waals surface area contributed by atoms with Crippen molar-refractivity contribution in [3.63, 3.8) is 0 Å². The van der Waals surface area contributed by atoms with Gasteiger partial charge < -0.3 is 19.5 Å².